The molecule has 0 aliphatic carbocycles. The van der Waals surface area contributed by atoms with Crippen LogP contribution in [0.5, 0.6) is 11.6 Å². The van der Waals surface area contributed by atoms with E-state index in [-0.39, 0.29) is 11.9 Å². The van der Waals surface area contributed by atoms with E-state index in [0.29, 0.717) is 29.7 Å². The summed E-state index contributed by atoms with van der Waals surface area (Å²) in [7, 11) is 3.15. The summed E-state index contributed by atoms with van der Waals surface area (Å²) in [5, 5.41) is 4.08. The molecule has 0 radical (unpaired) electrons. The maximum atomic E-state index is 12.9. The smallest absolute Gasteiger partial charge is 0.256 e. The van der Waals surface area contributed by atoms with Crippen LogP contribution in [0.2, 0.25) is 0 Å². The van der Waals surface area contributed by atoms with Gasteiger partial charge in [0, 0.05) is 24.4 Å². The average Bonchev–Trinajstić information content (AvgIpc) is 3.43. The van der Waals surface area contributed by atoms with Crippen molar-refractivity contribution >= 4 is 5.91 Å². The largest absolute Gasteiger partial charge is 0.497 e. The molecular formula is C20H20N4O4. The number of carbonyl (C=O) groups excluding carboxylic acids is 1. The lowest BCUT2D eigenvalue weighted by Crippen LogP contribution is -2.30. The average molecular weight is 380 g/mol. The molecule has 1 aromatic carbocycles. The minimum atomic E-state index is -0.242. The summed E-state index contributed by atoms with van der Waals surface area (Å²) in [6.45, 7) is 0.635. The Bertz CT molecular complexity index is 953. The highest BCUT2D eigenvalue weighted by Gasteiger charge is 2.34. The number of aromatic nitrogens is 3. The Balaban J connectivity index is 1.54. The molecule has 144 valence electrons. The minimum Gasteiger partial charge on any atom is -0.497 e. The van der Waals surface area contributed by atoms with Crippen LogP contribution >= 0.6 is 0 Å². The molecule has 1 amide bonds. The van der Waals surface area contributed by atoms with Crippen LogP contribution in [0.3, 0.4) is 0 Å². The van der Waals surface area contributed by atoms with Crippen molar-refractivity contribution in [3.05, 3.63) is 54.0 Å². The molecule has 1 unspecified atom stereocenters. The first-order valence-corrected chi connectivity index (χ1v) is 8.98. The van der Waals surface area contributed by atoms with Gasteiger partial charge < -0.3 is 18.9 Å². The summed E-state index contributed by atoms with van der Waals surface area (Å²) >= 11 is 0. The number of amides is 1. The van der Waals surface area contributed by atoms with Gasteiger partial charge in [-0.3, -0.25) is 4.79 Å². The summed E-state index contributed by atoms with van der Waals surface area (Å²) in [5.74, 6) is 2.05. The normalized spacial score (nSPS) is 16.2. The van der Waals surface area contributed by atoms with Gasteiger partial charge in [0.15, 0.2) is 0 Å². The molecule has 1 aliphatic heterocycles. The number of hydrogen-bond acceptors (Lipinski definition) is 7. The lowest BCUT2D eigenvalue weighted by molar-refractivity contribution is 0.0709. The molecule has 28 heavy (non-hydrogen) atoms. The van der Waals surface area contributed by atoms with Crippen molar-refractivity contribution in [3.63, 3.8) is 0 Å². The van der Waals surface area contributed by atoms with Gasteiger partial charge in [-0.15, -0.1) is 0 Å². The first-order valence-electron chi connectivity index (χ1n) is 8.98. The van der Waals surface area contributed by atoms with E-state index >= 15 is 0 Å². The predicted molar refractivity (Wildman–Crippen MR) is 100 cm³/mol. The van der Waals surface area contributed by atoms with E-state index in [9.17, 15) is 4.79 Å². The van der Waals surface area contributed by atoms with Gasteiger partial charge in [0.1, 0.15) is 11.8 Å². The number of nitrogens with zero attached hydrogens (tertiary/aromatic N) is 4. The number of benzene rings is 1. The molecule has 0 bridgehead atoms. The zero-order chi connectivity index (χ0) is 19.5. The third-order valence-electron chi connectivity index (χ3n) is 4.78. The Morgan fingerprint density at radius 2 is 1.96 bits per heavy atom. The van der Waals surface area contributed by atoms with Crippen LogP contribution in [0.1, 0.15) is 35.1 Å². The van der Waals surface area contributed by atoms with Crippen LogP contribution in [-0.2, 0) is 0 Å². The number of likely N-dealkylation sites (tertiary alicyclic amines) is 1. The Hall–Kier alpha value is -3.42. The molecule has 1 saturated heterocycles. The molecule has 2 aromatic heterocycles. The first-order chi connectivity index (χ1) is 13.7. The van der Waals surface area contributed by atoms with E-state index in [0.717, 1.165) is 24.2 Å². The molecule has 3 heterocycles. The van der Waals surface area contributed by atoms with Gasteiger partial charge in [0.2, 0.25) is 17.6 Å². The van der Waals surface area contributed by atoms with Crippen molar-refractivity contribution in [3.8, 4) is 23.0 Å². The van der Waals surface area contributed by atoms with Crippen LogP contribution < -0.4 is 9.47 Å². The first kappa shape index (κ1) is 18.0. The molecule has 3 aromatic rings. The highest BCUT2D eigenvalue weighted by atomic mass is 16.5. The summed E-state index contributed by atoms with van der Waals surface area (Å²) in [6, 6.07) is 10.6. The third kappa shape index (κ3) is 3.40. The SMILES string of the molecule is COc1ccc(-c2noc(C3CCCN3C(=O)c3ccc(OC)nc3)n2)cc1. The van der Waals surface area contributed by atoms with E-state index < -0.39 is 0 Å². The number of pyridine rings is 1. The Labute approximate surface area is 162 Å². The van der Waals surface area contributed by atoms with Crippen LogP contribution in [-0.4, -0.2) is 46.7 Å². The fourth-order valence-corrected chi connectivity index (χ4v) is 3.29. The van der Waals surface area contributed by atoms with Crippen LogP contribution in [0, 0.1) is 0 Å². The molecule has 1 aliphatic rings. The number of carbonyl (C=O) groups is 1. The number of ether oxygens (including phenoxy) is 2. The quantitative estimate of drug-likeness (QED) is 0.671. The molecule has 1 atom stereocenters. The van der Waals surface area contributed by atoms with Crippen LogP contribution in [0.15, 0.2) is 47.1 Å². The van der Waals surface area contributed by atoms with Crippen molar-refractivity contribution < 1.29 is 18.8 Å². The molecule has 8 heteroatoms. The number of rotatable bonds is 5. The van der Waals surface area contributed by atoms with E-state index in [2.05, 4.69) is 15.1 Å². The van der Waals surface area contributed by atoms with Gasteiger partial charge in [0.05, 0.1) is 19.8 Å². The second-order valence-corrected chi connectivity index (χ2v) is 6.43. The maximum absolute atomic E-state index is 12.9. The summed E-state index contributed by atoms with van der Waals surface area (Å²) in [5.41, 5.74) is 1.33. The molecule has 8 nitrogen and oxygen atoms in total. The Kier molecular flexibility index (Phi) is 4.92. The lowest BCUT2D eigenvalue weighted by atomic mass is 10.2. The predicted octanol–water partition coefficient (Wildman–Crippen LogP) is 3.13. The second kappa shape index (κ2) is 7.67. The summed E-state index contributed by atoms with van der Waals surface area (Å²) < 4.78 is 15.7. The van der Waals surface area contributed by atoms with Gasteiger partial charge in [-0.1, -0.05) is 5.16 Å². The standard InChI is InChI=1S/C20H20N4O4/c1-26-15-8-5-13(6-9-15)18-22-19(28-23-18)16-4-3-11-24(16)20(25)14-7-10-17(27-2)21-12-14/h5-10,12,16H,3-4,11H2,1-2H3. The Morgan fingerprint density at radius 3 is 2.64 bits per heavy atom. The summed E-state index contributed by atoms with van der Waals surface area (Å²) in [4.78, 5) is 23.3. The highest BCUT2D eigenvalue weighted by Crippen LogP contribution is 2.33. The second-order valence-electron chi connectivity index (χ2n) is 6.43. The topological polar surface area (TPSA) is 90.6 Å². The van der Waals surface area contributed by atoms with E-state index in [1.165, 1.54) is 13.3 Å². The molecule has 4 rings (SSSR count). The number of methoxy groups -OCH3 is 2. The highest BCUT2D eigenvalue weighted by molar-refractivity contribution is 5.94. The lowest BCUT2D eigenvalue weighted by Gasteiger charge is -2.21. The van der Waals surface area contributed by atoms with Crippen LogP contribution in [0.4, 0.5) is 0 Å². The van der Waals surface area contributed by atoms with Crippen molar-refractivity contribution in [1.82, 2.24) is 20.0 Å². The fourth-order valence-electron chi connectivity index (χ4n) is 3.29. The molecular weight excluding hydrogens is 360 g/mol. The van der Waals surface area contributed by atoms with Crippen molar-refractivity contribution in [2.45, 2.75) is 18.9 Å². The third-order valence-corrected chi connectivity index (χ3v) is 4.78. The maximum Gasteiger partial charge on any atom is 0.256 e. The molecule has 1 fully saturated rings. The van der Waals surface area contributed by atoms with Crippen molar-refractivity contribution in [1.29, 1.82) is 0 Å². The minimum absolute atomic E-state index is 0.109. The van der Waals surface area contributed by atoms with E-state index in [1.54, 1.807) is 24.1 Å². The molecule has 0 N–H and O–H groups in total. The fraction of sp³-hybridized carbons (Fsp3) is 0.300. The zero-order valence-electron chi connectivity index (χ0n) is 15.7. The van der Waals surface area contributed by atoms with Gasteiger partial charge in [0.25, 0.3) is 5.91 Å². The van der Waals surface area contributed by atoms with E-state index in [1.807, 2.05) is 24.3 Å². The van der Waals surface area contributed by atoms with E-state index in [4.69, 9.17) is 14.0 Å². The molecule has 0 saturated carbocycles. The van der Waals surface area contributed by atoms with Gasteiger partial charge in [-0.2, -0.15) is 4.98 Å². The zero-order valence-corrected chi connectivity index (χ0v) is 15.7. The van der Waals surface area contributed by atoms with Gasteiger partial charge in [-0.05, 0) is 43.2 Å². The summed E-state index contributed by atoms with van der Waals surface area (Å²) in [6.07, 6.45) is 3.17. The van der Waals surface area contributed by atoms with Crippen molar-refractivity contribution in [2.75, 3.05) is 20.8 Å². The van der Waals surface area contributed by atoms with Crippen molar-refractivity contribution in [2.24, 2.45) is 0 Å². The Morgan fingerprint density at radius 1 is 1.14 bits per heavy atom. The number of hydrogen-bond donors (Lipinski definition) is 0. The van der Waals surface area contributed by atoms with Gasteiger partial charge in [-0.25, -0.2) is 4.98 Å². The van der Waals surface area contributed by atoms with Gasteiger partial charge >= 0.3 is 0 Å². The molecule has 0 spiro atoms. The monoisotopic (exact) mass is 380 g/mol. The van der Waals surface area contributed by atoms with Crippen LogP contribution in [0.25, 0.3) is 11.4 Å².